The fraction of sp³-hybridized carbons (Fsp3) is 0.500. The summed E-state index contributed by atoms with van der Waals surface area (Å²) in [6, 6.07) is 3.49. The quantitative estimate of drug-likeness (QED) is 0.631. The van der Waals surface area contributed by atoms with E-state index >= 15 is 0 Å². The molecule has 1 heterocycles. The van der Waals surface area contributed by atoms with E-state index in [1.807, 2.05) is 6.07 Å². The highest BCUT2D eigenvalue weighted by molar-refractivity contribution is 5.97. The maximum Gasteiger partial charge on any atom is 0.342 e. The summed E-state index contributed by atoms with van der Waals surface area (Å²) < 4.78 is 15.8. The van der Waals surface area contributed by atoms with Crippen LogP contribution in [0.5, 0.6) is 11.5 Å². The lowest BCUT2D eigenvalue weighted by molar-refractivity contribution is 0.0359. The molecule has 104 valence electrons. The highest BCUT2D eigenvalue weighted by Gasteiger charge is 2.34. The number of hydrogen-bond donors (Lipinski definition) is 1. The predicted octanol–water partition coefficient (Wildman–Crippen LogP) is 2.08. The standard InChI is InChI=1S/C14H18O5/c1-17-9-7-10-11(5-3-4-6-15)19-14(16)13(10)12(8-9)18-2/h7-8,11,15H,3-6H2,1-2H3/t11-/m1/s1. The van der Waals surface area contributed by atoms with Crippen molar-refractivity contribution in [3.63, 3.8) is 0 Å². The third kappa shape index (κ3) is 2.66. The number of hydrogen-bond acceptors (Lipinski definition) is 5. The molecule has 0 unspecified atom stereocenters. The molecule has 0 fully saturated rings. The summed E-state index contributed by atoms with van der Waals surface area (Å²) >= 11 is 0. The van der Waals surface area contributed by atoms with Gasteiger partial charge in [0.1, 0.15) is 23.2 Å². The summed E-state index contributed by atoms with van der Waals surface area (Å²) in [6.07, 6.45) is 1.91. The SMILES string of the molecule is COc1cc(OC)c2c(c1)[C@@H](CCCCO)OC2=O. The summed E-state index contributed by atoms with van der Waals surface area (Å²) in [6.45, 7) is 0.148. The summed E-state index contributed by atoms with van der Waals surface area (Å²) in [4.78, 5) is 11.9. The first-order chi connectivity index (χ1) is 9.21. The van der Waals surface area contributed by atoms with Crippen LogP contribution < -0.4 is 9.47 Å². The maximum absolute atomic E-state index is 11.9. The zero-order valence-electron chi connectivity index (χ0n) is 11.1. The number of rotatable bonds is 6. The van der Waals surface area contributed by atoms with E-state index in [1.165, 1.54) is 7.11 Å². The van der Waals surface area contributed by atoms with Crippen molar-refractivity contribution in [3.05, 3.63) is 23.3 Å². The lowest BCUT2D eigenvalue weighted by Gasteiger charge is -2.11. The van der Waals surface area contributed by atoms with Crippen LogP contribution >= 0.6 is 0 Å². The number of cyclic esters (lactones) is 1. The van der Waals surface area contributed by atoms with Crippen LogP contribution in [-0.2, 0) is 4.74 Å². The van der Waals surface area contributed by atoms with E-state index in [0.717, 1.165) is 12.0 Å². The Morgan fingerprint density at radius 3 is 2.68 bits per heavy atom. The van der Waals surface area contributed by atoms with Gasteiger partial charge in [-0.15, -0.1) is 0 Å². The molecule has 1 aromatic carbocycles. The third-order valence-electron chi connectivity index (χ3n) is 3.24. The lowest BCUT2D eigenvalue weighted by atomic mass is 10.00. The molecule has 0 aromatic heterocycles. The molecule has 0 aliphatic carbocycles. The van der Waals surface area contributed by atoms with E-state index < -0.39 is 0 Å². The van der Waals surface area contributed by atoms with Gasteiger partial charge in [0.25, 0.3) is 0 Å². The van der Waals surface area contributed by atoms with Gasteiger partial charge in [0.15, 0.2) is 0 Å². The van der Waals surface area contributed by atoms with Crippen LogP contribution in [0.3, 0.4) is 0 Å². The Labute approximate surface area is 112 Å². The Balaban J connectivity index is 2.30. The molecule has 19 heavy (non-hydrogen) atoms. The highest BCUT2D eigenvalue weighted by Crippen LogP contribution is 2.41. The number of aliphatic hydroxyl groups is 1. The van der Waals surface area contributed by atoms with Gasteiger partial charge in [-0.05, 0) is 25.3 Å². The molecule has 1 atom stereocenters. The van der Waals surface area contributed by atoms with E-state index in [4.69, 9.17) is 19.3 Å². The van der Waals surface area contributed by atoms with Crippen LogP contribution in [0.1, 0.15) is 41.3 Å². The van der Waals surface area contributed by atoms with Gasteiger partial charge in [-0.25, -0.2) is 4.79 Å². The number of esters is 1. The van der Waals surface area contributed by atoms with E-state index in [2.05, 4.69) is 0 Å². The highest BCUT2D eigenvalue weighted by atomic mass is 16.6. The summed E-state index contributed by atoms with van der Waals surface area (Å²) in [7, 11) is 3.08. The molecule has 0 amide bonds. The normalized spacial score (nSPS) is 17.0. The van der Waals surface area contributed by atoms with Crippen molar-refractivity contribution in [2.75, 3.05) is 20.8 Å². The number of unbranched alkanes of at least 4 members (excludes halogenated alkanes) is 1. The molecule has 1 aromatic rings. The van der Waals surface area contributed by atoms with Gasteiger partial charge in [0.05, 0.1) is 14.2 Å². The monoisotopic (exact) mass is 266 g/mol. The number of carbonyl (C=O) groups excluding carboxylic acids is 1. The topological polar surface area (TPSA) is 65.0 Å². The number of carbonyl (C=O) groups is 1. The Kier molecular flexibility index (Phi) is 4.27. The van der Waals surface area contributed by atoms with Gasteiger partial charge in [-0.3, -0.25) is 0 Å². The molecular weight excluding hydrogens is 248 g/mol. The van der Waals surface area contributed by atoms with Crippen LogP contribution in [0.25, 0.3) is 0 Å². The predicted molar refractivity (Wildman–Crippen MR) is 68.6 cm³/mol. The second-order valence-corrected chi connectivity index (χ2v) is 4.41. The van der Waals surface area contributed by atoms with Gasteiger partial charge in [-0.2, -0.15) is 0 Å². The first-order valence-electron chi connectivity index (χ1n) is 6.29. The van der Waals surface area contributed by atoms with E-state index in [9.17, 15) is 4.79 Å². The van der Waals surface area contributed by atoms with Gasteiger partial charge < -0.3 is 19.3 Å². The molecule has 1 aliphatic heterocycles. The molecular formula is C14H18O5. The Morgan fingerprint density at radius 2 is 2.05 bits per heavy atom. The number of methoxy groups -OCH3 is 2. The summed E-state index contributed by atoms with van der Waals surface area (Å²) in [5, 5.41) is 8.80. The van der Waals surface area contributed by atoms with Crippen LogP contribution in [0.15, 0.2) is 12.1 Å². The molecule has 0 saturated heterocycles. The van der Waals surface area contributed by atoms with Gasteiger partial charge in [0, 0.05) is 18.2 Å². The number of fused-ring (bicyclic) bond motifs is 1. The largest absolute Gasteiger partial charge is 0.497 e. The first-order valence-corrected chi connectivity index (χ1v) is 6.29. The van der Waals surface area contributed by atoms with E-state index in [1.54, 1.807) is 13.2 Å². The number of ether oxygens (including phenoxy) is 3. The fourth-order valence-corrected chi connectivity index (χ4v) is 2.27. The average molecular weight is 266 g/mol. The molecule has 0 radical (unpaired) electrons. The van der Waals surface area contributed by atoms with Crippen molar-refractivity contribution >= 4 is 5.97 Å². The molecule has 5 nitrogen and oxygen atoms in total. The maximum atomic E-state index is 11.9. The Morgan fingerprint density at radius 1 is 1.26 bits per heavy atom. The van der Waals surface area contributed by atoms with Crippen molar-refractivity contribution in [2.24, 2.45) is 0 Å². The van der Waals surface area contributed by atoms with Gasteiger partial charge in [0.2, 0.25) is 0 Å². The number of benzene rings is 1. The molecule has 0 bridgehead atoms. The zero-order chi connectivity index (χ0) is 13.8. The smallest absolute Gasteiger partial charge is 0.342 e. The van der Waals surface area contributed by atoms with Crippen molar-refractivity contribution < 1.29 is 24.1 Å². The molecule has 1 aliphatic rings. The first kappa shape index (κ1) is 13.7. The molecule has 2 rings (SSSR count). The van der Waals surface area contributed by atoms with E-state index in [-0.39, 0.29) is 18.7 Å². The Bertz CT molecular complexity index is 469. The molecule has 0 spiro atoms. The molecule has 5 heteroatoms. The third-order valence-corrected chi connectivity index (χ3v) is 3.24. The average Bonchev–Trinajstić information content (AvgIpc) is 2.75. The van der Waals surface area contributed by atoms with Gasteiger partial charge >= 0.3 is 5.97 Å². The van der Waals surface area contributed by atoms with Gasteiger partial charge in [-0.1, -0.05) is 0 Å². The van der Waals surface area contributed by atoms with Crippen molar-refractivity contribution in [2.45, 2.75) is 25.4 Å². The van der Waals surface area contributed by atoms with Crippen LogP contribution in [0.4, 0.5) is 0 Å². The zero-order valence-corrected chi connectivity index (χ0v) is 11.1. The van der Waals surface area contributed by atoms with Crippen LogP contribution in [0, 0.1) is 0 Å². The second-order valence-electron chi connectivity index (χ2n) is 4.41. The van der Waals surface area contributed by atoms with Crippen molar-refractivity contribution in [1.29, 1.82) is 0 Å². The van der Waals surface area contributed by atoms with Crippen molar-refractivity contribution in [1.82, 2.24) is 0 Å². The minimum Gasteiger partial charge on any atom is -0.497 e. The minimum absolute atomic E-state index is 0.148. The molecule has 1 N–H and O–H groups in total. The Hall–Kier alpha value is -1.75. The molecule has 0 saturated carbocycles. The number of aliphatic hydroxyl groups excluding tert-OH is 1. The van der Waals surface area contributed by atoms with Crippen LogP contribution in [0.2, 0.25) is 0 Å². The van der Waals surface area contributed by atoms with Crippen molar-refractivity contribution in [3.8, 4) is 11.5 Å². The summed E-state index contributed by atoms with van der Waals surface area (Å²) in [5.74, 6) is 0.758. The summed E-state index contributed by atoms with van der Waals surface area (Å²) in [5.41, 5.74) is 1.29. The van der Waals surface area contributed by atoms with E-state index in [0.29, 0.717) is 29.9 Å². The second kappa shape index (κ2) is 5.93. The lowest BCUT2D eigenvalue weighted by Crippen LogP contribution is -1.99. The minimum atomic E-state index is -0.358. The fourth-order valence-electron chi connectivity index (χ4n) is 2.27. The van der Waals surface area contributed by atoms with Crippen LogP contribution in [-0.4, -0.2) is 31.9 Å².